The minimum atomic E-state index is -5.41. The lowest BCUT2D eigenvalue weighted by molar-refractivity contribution is -0.428. The highest BCUT2D eigenvalue weighted by molar-refractivity contribution is 5.91. The number of rotatable bonds is 4. The number of carbonyl (C=O) groups excluding carboxylic acids is 1. The third-order valence-electron chi connectivity index (χ3n) is 4.16. The molecule has 2 rings (SSSR count). The number of aliphatic hydroxyl groups is 2. The number of benzene rings is 1. The monoisotopic (exact) mass is 360 g/mol. The average molecular weight is 360 g/mol. The molecular formula is C17H19F3O5. The van der Waals surface area contributed by atoms with Gasteiger partial charge in [-0.1, -0.05) is 19.9 Å². The number of hydrogen-bond acceptors (Lipinski definition) is 5. The van der Waals surface area contributed by atoms with Gasteiger partial charge in [-0.2, -0.15) is 13.2 Å². The molecule has 0 saturated carbocycles. The van der Waals surface area contributed by atoms with E-state index in [9.17, 15) is 28.2 Å². The summed E-state index contributed by atoms with van der Waals surface area (Å²) in [5, 5.41) is 18.4. The fourth-order valence-electron chi connectivity index (χ4n) is 2.75. The second-order valence-electron chi connectivity index (χ2n) is 6.45. The van der Waals surface area contributed by atoms with Gasteiger partial charge in [-0.05, 0) is 42.0 Å². The van der Waals surface area contributed by atoms with Crippen molar-refractivity contribution in [3.63, 3.8) is 0 Å². The summed E-state index contributed by atoms with van der Waals surface area (Å²) in [6, 6.07) is 3.61. The molecule has 1 aliphatic carbocycles. The molecule has 1 aliphatic rings. The zero-order chi connectivity index (χ0) is 19.0. The van der Waals surface area contributed by atoms with Gasteiger partial charge < -0.3 is 19.7 Å². The second-order valence-corrected chi connectivity index (χ2v) is 6.45. The highest BCUT2D eigenvalue weighted by Gasteiger charge is 2.57. The van der Waals surface area contributed by atoms with Gasteiger partial charge in [-0.3, -0.25) is 0 Å². The van der Waals surface area contributed by atoms with E-state index in [4.69, 9.17) is 0 Å². The van der Waals surface area contributed by atoms with E-state index in [0.29, 0.717) is 12.0 Å². The highest BCUT2D eigenvalue weighted by atomic mass is 19.4. The first-order valence-electron chi connectivity index (χ1n) is 7.53. The number of carbonyl (C=O) groups is 1. The van der Waals surface area contributed by atoms with Crippen LogP contribution in [0, 0.1) is 5.41 Å². The van der Waals surface area contributed by atoms with Crippen LogP contribution in [0.1, 0.15) is 42.6 Å². The molecule has 2 N–H and O–H groups in total. The molecule has 0 aliphatic heterocycles. The predicted molar refractivity (Wildman–Crippen MR) is 82.6 cm³/mol. The van der Waals surface area contributed by atoms with Gasteiger partial charge in [0.05, 0.1) is 12.7 Å². The average Bonchev–Trinajstić information content (AvgIpc) is 2.84. The molecule has 1 aromatic rings. The Labute approximate surface area is 142 Å². The van der Waals surface area contributed by atoms with Gasteiger partial charge >= 0.3 is 18.1 Å². The van der Waals surface area contributed by atoms with Crippen molar-refractivity contribution in [1.29, 1.82) is 0 Å². The molecule has 0 atom stereocenters. The summed E-state index contributed by atoms with van der Waals surface area (Å²) in [7, 11) is 1.18. The van der Waals surface area contributed by atoms with E-state index in [1.165, 1.54) is 19.2 Å². The standard InChI is InChI=1S/C17H19F3O5/c1-15(2)8-4-5-12(15)11-9-10(14(21)24-3)6-7-13(11)25-17(22,23)16(18,19)20/h5-7,9,22-23H,4,8H2,1-3H3. The molecule has 0 amide bonds. The van der Waals surface area contributed by atoms with E-state index in [0.717, 1.165) is 12.5 Å². The number of methoxy groups -OCH3 is 1. The first-order valence-corrected chi connectivity index (χ1v) is 7.53. The SMILES string of the molecule is COC(=O)c1ccc(OC(O)(O)C(F)(F)F)c(C2=CCCC2(C)C)c1. The van der Waals surface area contributed by atoms with Crippen molar-refractivity contribution in [3.05, 3.63) is 35.4 Å². The molecule has 138 valence electrons. The van der Waals surface area contributed by atoms with Gasteiger partial charge in [0.15, 0.2) is 0 Å². The van der Waals surface area contributed by atoms with Crippen molar-refractivity contribution in [2.24, 2.45) is 5.41 Å². The van der Waals surface area contributed by atoms with Crippen molar-refractivity contribution in [2.45, 2.75) is 38.8 Å². The van der Waals surface area contributed by atoms with Crippen LogP contribution in [0.5, 0.6) is 5.75 Å². The summed E-state index contributed by atoms with van der Waals surface area (Å²) < 4.78 is 47.3. The topological polar surface area (TPSA) is 76.0 Å². The Morgan fingerprint density at radius 2 is 1.88 bits per heavy atom. The zero-order valence-electron chi connectivity index (χ0n) is 14.0. The predicted octanol–water partition coefficient (Wildman–Crippen LogP) is 3.26. The van der Waals surface area contributed by atoms with Gasteiger partial charge in [0.1, 0.15) is 5.75 Å². The molecule has 1 aromatic carbocycles. The Morgan fingerprint density at radius 1 is 1.24 bits per heavy atom. The Hall–Kier alpha value is -2.06. The lowest BCUT2D eigenvalue weighted by Gasteiger charge is -2.29. The van der Waals surface area contributed by atoms with Gasteiger partial charge in [0, 0.05) is 5.56 Å². The van der Waals surface area contributed by atoms with Gasteiger partial charge in [0.25, 0.3) is 0 Å². The summed E-state index contributed by atoms with van der Waals surface area (Å²) in [6.07, 6.45) is -2.13. The maximum atomic E-state index is 12.7. The van der Waals surface area contributed by atoms with E-state index in [1.807, 2.05) is 19.9 Å². The summed E-state index contributed by atoms with van der Waals surface area (Å²) in [4.78, 5) is 11.7. The maximum absolute atomic E-state index is 12.7. The second kappa shape index (κ2) is 6.34. The first-order chi connectivity index (χ1) is 11.4. The lowest BCUT2D eigenvalue weighted by Crippen LogP contribution is -2.50. The molecule has 0 heterocycles. The molecule has 5 nitrogen and oxygen atoms in total. The quantitative estimate of drug-likeness (QED) is 0.637. The van der Waals surface area contributed by atoms with E-state index < -0.39 is 23.9 Å². The van der Waals surface area contributed by atoms with Crippen molar-refractivity contribution in [2.75, 3.05) is 7.11 Å². The Kier molecular flexibility index (Phi) is 4.89. The fraction of sp³-hybridized carbons (Fsp3) is 0.471. The normalized spacial score (nSPS) is 17.2. The smallest absolute Gasteiger partial charge is 0.465 e. The van der Waals surface area contributed by atoms with Gasteiger partial charge in [-0.15, -0.1) is 0 Å². The van der Waals surface area contributed by atoms with Crippen molar-refractivity contribution in [3.8, 4) is 5.75 Å². The number of esters is 1. The Morgan fingerprint density at radius 3 is 2.36 bits per heavy atom. The molecule has 0 fully saturated rings. The van der Waals surface area contributed by atoms with E-state index in [1.54, 1.807) is 0 Å². The third kappa shape index (κ3) is 3.80. The summed E-state index contributed by atoms with van der Waals surface area (Å²) in [5.74, 6) is -5.41. The Bertz CT molecular complexity index is 705. The van der Waals surface area contributed by atoms with Gasteiger partial charge in [0.2, 0.25) is 0 Å². The van der Waals surface area contributed by atoms with Crippen LogP contribution in [0.2, 0.25) is 0 Å². The summed E-state index contributed by atoms with van der Waals surface area (Å²) >= 11 is 0. The summed E-state index contributed by atoms with van der Waals surface area (Å²) in [5.41, 5.74) is 0.578. The number of halogens is 3. The van der Waals surface area contributed by atoms with Crippen LogP contribution in [0.15, 0.2) is 24.3 Å². The zero-order valence-corrected chi connectivity index (χ0v) is 14.0. The van der Waals surface area contributed by atoms with Crippen LogP contribution in [0.4, 0.5) is 13.2 Å². The van der Waals surface area contributed by atoms with Crippen LogP contribution in [0.25, 0.3) is 5.57 Å². The largest absolute Gasteiger partial charge is 0.486 e. The molecule has 0 spiro atoms. The molecule has 0 unspecified atom stereocenters. The van der Waals surface area contributed by atoms with Crippen LogP contribution >= 0.6 is 0 Å². The lowest BCUT2D eigenvalue weighted by atomic mass is 9.81. The molecule has 0 aromatic heterocycles. The number of ether oxygens (including phenoxy) is 2. The molecule has 0 radical (unpaired) electrons. The van der Waals surface area contributed by atoms with Crippen LogP contribution < -0.4 is 4.74 Å². The fourth-order valence-corrected chi connectivity index (χ4v) is 2.75. The van der Waals surface area contributed by atoms with Crippen LogP contribution in [-0.2, 0) is 4.74 Å². The molecule has 8 heteroatoms. The summed E-state index contributed by atoms with van der Waals surface area (Å²) in [6.45, 7) is 3.80. The van der Waals surface area contributed by atoms with Crippen LogP contribution in [0.3, 0.4) is 0 Å². The molecular weight excluding hydrogens is 341 g/mol. The van der Waals surface area contributed by atoms with E-state index in [2.05, 4.69) is 9.47 Å². The minimum Gasteiger partial charge on any atom is -0.465 e. The molecule has 0 saturated heterocycles. The third-order valence-corrected chi connectivity index (χ3v) is 4.16. The highest BCUT2D eigenvalue weighted by Crippen LogP contribution is 2.47. The number of alkyl halides is 3. The van der Waals surface area contributed by atoms with Crippen molar-refractivity contribution >= 4 is 11.5 Å². The number of allylic oxidation sites excluding steroid dienone is 2. The minimum absolute atomic E-state index is 0.113. The van der Waals surface area contributed by atoms with Gasteiger partial charge in [-0.25, -0.2) is 4.79 Å². The maximum Gasteiger partial charge on any atom is 0.486 e. The number of hydrogen-bond donors (Lipinski definition) is 2. The van der Waals surface area contributed by atoms with E-state index in [-0.39, 0.29) is 16.5 Å². The first kappa shape index (κ1) is 19.3. The van der Waals surface area contributed by atoms with E-state index >= 15 is 0 Å². The van der Waals surface area contributed by atoms with Crippen LogP contribution in [-0.4, -0.2) is 35.4 Å². The molecule has 25 heavy (non-hydrogen) atoms. The van der Waals surface area contributed by atoms with Crippen molar-refractivity contribution in [1.82, 2.24) is 0 Å². The Balaban J connectivity index is 2.55. The molecule has 0 bridgehead atoms. The van der Waals surface area contributed by atoms with Crippen molar-refractivity contribution < 1.29 is 37.7 Å².